The maximum absolute atomic E-state index is 9.98. The van der Waals surface area contributed by atoms with Crippen molar-refractivity contribution in [2.45, 2.75) is 12.8 Å². The third kappa shape index (κ3) is 7.30. The number of hydrogen-bond acceptors (Lipinski definition) is 3. The summed E-state index contributed by atoms with van der Waals surface area (Å²) in [6, 6.07) is 21.6. The summed E-state index contributed by atoms with van der Waals surface area (Å²) in [4.78, 5) is 0. The second-order valence-electron chi connectivity index (χ2n) is 7.40. The molecular formula is C26H19Br2Cl3O3. The third-order valence-electron chi connectivity index (χ3n) is 4.87. The van der Waals surface area contributed by atoms with Crippen LogP contribution in [0.2, 0.25) is 15.1 Å². The molecule has 0 bridgehead atoms. The molecule has 0 fully saturated rings. The van der Waals surface area contributed by atoms with Crippen molar-refractivity contribution < 1.29 is 15.3 Å². The number of halogens is 5. The molecule has 0 spiro atoms. The van der Waals surface area contributed by atoms with E-state index in [1.165, 1.54) is 0 Å². The van der Waals surface area contributed by atoms with Crippen LogP contribution in [0, 0.1) is 0 Å². The Labute approximate surface area is 229 Å². The van der Waals surface area contributed by atoms with Crippen molar-refractivity contribution in [2.75, 3.05) is 0 Å². The Morgan fingerprint density at radius 1 is 0.559 bits per heavy atom. The summed E-state index contributed by atoms with van der Waals surface area (Å²) in [5.74, 6) is 0.489. The molecule has 3 N–H and O–H groups in total. The predicted molar refractivity (Wildman–Crippen MR) is 147 cm³/mol. The zero-order valence-electron chi connectivity index (χ0n) is 17.6. The highest BCUT2D eigenvalue weighted by molar-refractivity contribution is 9.10. The van der Waals surface area contributed by atoms with Crippen molar-refractivity contribution >= 4 is 66.7 Å². The van der Waals surface area contributed by atoms with Crippen LogP contribution >= 0.6 is 66.7 Å². The summed E-state index contributed by atoms with van der Waals surface area (Å²) in [6.45, 7) is 0. The molecule has 4 rings (SSSR count). The average molecular weight is 646 g/mol. The Bertz CT molecular complexity index is 1240. The molecule has 8 heteroatoms. The standard InChI is InChI=1S/C13H8Br2Cl2O2.C13H11ClO/c14-10-4-8(16)2-6(12(10)18)1-7-3-9(17)5-11(15)13(7)19;14-12-6-7-13(15)11(9-12)8-10-4-2-1-3-5-10/h2-5,18-19H,1H2;1-7,9,15H,8H2. The Balaban J connectivity index is 0.000000196. The zero-order valence-corrected chi connectivity index (χ0v) is 23.0. The normalized spacial score (nSPS) is 10.5. The van der Waals surface area contributed by atoms with Gasteiger partial charge in [0, 0.05) is 39.0 Å². The van der Waals surface area contributed by atoms with Crippen molar-refractivity contribution in [3.05, 3.63) is 119 Å². The first-order chi connectivity index (χ1) is 16.1. The minimum atomic E-state index is 0.0971. The molecule has 0 radical (unpaired) electrons. The molecule has 0 unspecified atom stereocenters. The van der Waals surface area contributed by atoms with Gasteiger partial charge >= 0.3 is 0 Å². The van der Waals surface area contributed by atoms with Gasteiger partial charge in [0.15, 0.2) is 0 Å². The predicted octanol–water partition coefficient (Wildman–Crippen LogP) is 9.16. The Hall–Kier alpha value is -1.89. The highest BCUT2D eigenvalue weighted by Crippen LogP contribution is 2.37. The van der Waals surface area contributed by atoms with E-state index in [-0.39, 0.29) is 11.5 Å². The number of benzene rings is 4. The molecule has 0 heterocycles. The number of phenols is 3. The van der Waals surface area contributed by atoms with Crippen molar-refractivity contribution in [1.82, 2.24) is 0 Å². The lowest BCUT2D eigenvalue weighted by Gasteiger charge is -2.10. The van der Waals surface area contributed by atoms with Crippen molar-refractivity contribution in [3.63, 3.8) is 0 Å². The van der Waals surface area contributed by atoms with Crippen LogP contribution < -0.4 is 0 Å². The molecule has 34 heavy (non-hydrogen) atoms. The first kappa shape index (κ1) is 26.7. The lowest BCUT2D eigenvalue weighted by molar-refractivity contribution is 0.459. The number of rotatable bonds is 4. The van der Waals surface area contributed by atoms with Gasteiger partial charge in [-0.15, -0.1) is 0 Å². The molecule has 0 saturated heterocycles. The van der Waals surface area contributed by atoms with Gasteiger partial charge in [-0.05, 0) is 85.5 Å². The van der Waals surface area contributed by atoms with Crippen LogP contribution in [0.25, 0.3) is 0 Å². The lowest BCUT2D eigenvalue weighted by Crippen LogP contribution is -1.92. The molecule has 3 nitrogen and oxygen atoms in total. The molecular weight excluding hydrogens is 626 g/mol. The molecule has 0 aliphatic rings. The van der Waals surface area contributed by atoms with E-state index < -0.39 is 0 Å². The monoisotopic (exact) mass is 642 g/mol. The minimum Gasteiger partial charge on any atom is -0.508 e. The topological polar surface area (TPSA) is 60.7 Å². The molecule has 0 aromatic heterocycles. The van der Waals surface area contributed by atoms with E-state index in [0.29, 0.717) is 53.7 Å². The van der Waals surface area contributed by atoms with Crippen LogP contribution in [0.15, 0.2) is 81.7 Å². The molecule has 0 atom stereocenters. The van der Waals surface area contributed by atoms with Gasteiger partial charge in [0.2, 0.25) is 0 Å². The fourth-order valence-electron chi connectivity index (χ4n) is 3.22. The molecule has 0 saturated carbocycles. The van der Waals surface area contributed by atoms with E-state index >= 15 is 0 Å². The molecule has 4 aromatic carbocycles. The van der Waals surface area contributed by atoms with Gasteiger partial charge in [0.25, 0.3) is 0 Å². The van der Waals surface area contributed by atoms with E-state index in [1.807, 2.05) is 30.3 Å². The Morgan fingerprint density at radius 2 is 1.06 bits per heavy atom. The quantitative estimate of drug-likeness (QED) is 0.208. The lowest BCUT2D eigenvalue weighted by atomic mass is 10.0. The van der Waals surface area contributed by atoms with Gasteiger partial charge in [-0.1, -0.05) is 65.1 Å². The fraction of sp³-hybridized carbons (Fsp3) is 0.0769. The van der Waals surface area contributed by atoms with Crippen LogP contribution in [0.4, 0.5) is 0 Å². The summed E-state index contributed by atoms with van der Waals surface area (Å²) in [5, 5.41) is 31.3. The van der Waals surface area contributed by atoms with E-state index in [4.69, 9.17) is 34.8 Å². The summed E-state index contributed by atoms with van der Waals surface area (Å²) in [5.41, 5.74) is 3.22. The smallest absolute Gasteiger partial charge is 0.133 e. The second-order valence-corrected chi connectivity index (χ2v) is 10.4. The molecule has 0 aliphatic heterocycles. The second kappa shape index (κ2) is 12.2. The first-order valence-electron chi connectivity index (χ1n) is 9.99. The van der Waals surface area contributed by atoms with Gasteiger partial charge in [-0.3, -0.25) is 0 Å². The number of phenolic OH excluding ortho intramolecular Hbond substituents is 3. The highest BCUT2D eigenvalue weighted by Gasteiger charge is 2.13. The Kier molecular flexibility index (Phi) is 9.57. The maximum atomic E-state index is 9.98. The van der Waals surface area contributed by atoms with Gasteiger partial charge in [0.1, 0.15) is 17.2 Å². The maximum Gasteiger partial charge on any atom is 0.133 e. The number of hydrogen-bond donors (Lipinski definition) is 3. The van der Waals surface area contributed by atoms with Crippen molar-refractivity contribution in [3.8, 4) is 17.2 Å². The van der Waals surface area contributed by atoms with Gasteiger partial charge in [-0.25, -0.2) is 0 Å². The Morgan fingerprint density at radius 3 is 1.59 bits per heavy atom. The van der Waals surface area contributed by atoms with Crippen LogP contribution in [0.3, 0.4) is 0 Å². The zero-order chi connectivity index (χ0) is 24.8. The van der Waals surface area contributed by atoms with E-state index in [0.717, 1.165) is 11.1 Å². The van der Waals surface area contributed by atoms with E-state index in [2.05, 4.69) is 31.9 Å². The molecule has 0 aliphatic carbocycles. The SMILES string of the molecule is Oc1c(Br)cc(Cl)cc1Cc1cc(Cl)cc(Br)c1O.Oc1ccc(Cl)cc1Cc1ccccc1. The van der Waals surface area contributed by atoms with Gasteiger partial charge < -0.3 is 15.3 Å². The third-order valence-corrected chi connectivity index (χ3v) is 6.75. The molecule has 0 amide bonds. The first-order valence-corrected chi connectivity index (χ1v) is 12.7. The van der Waals surface area contributed by atoms with Crippen LogP contribution in [0.1, 0.15) is 22.3 Å². The minimum absolute atomic E-state index is 0.0971. The molecule has 4 aromatic rings. The van der Waals surface area contributed by atoms with Crippen LogP contribution in [-0.2, 0) is 12.8 Å². The van der Waals surface area contributed by atoms with Crippen molar-refractivity contribution in [2.24, 2.45) is 0 Å². The highest BCUT2D eigenvalue weighted by atomic mass is 79.9. The number of aromatic hydroxyl groups is 3. The van der Waals surface area contributed by atoms with E-state index in [1.54, 1.807) is 42.5 Å². The summed E-state index contributed by atoms with van der Waals surface area (Å²) in [6.07, 6.45) is 1.02. The summed E-state index contributed by atoms with van der Waals surface area (Å²) >= 11 is 24.2. The summed E-state index contributed by atoms with van der Waals surface area (Å²) < 4.78 is 1.02. The van der Waals surface area contributed by atoms with Gasteiger partial charge in [-0.2, -0.15) is 0 Å². The summed E-state index contributed by atoms with van der Waals surface area (Å²) in [7, 11) is 0. The van der Waals surface area contributed by atoms with Crippen LogP contribution in [-0.4, -0.2) is 15.3 Å². The average Bonchev–Trinajstić information content (AvgIpc) is 2.79. The van der Waals surface area contributed by atoms with Crippen molar-refractivity contribution in [1.29, 1.82) is 0 Å². The van der Waals surface area contributed by atoms with Crippen LogP contribution in [0.5, 0.6) is 17.2 Å². The molecule has 176 valence electrons. The largest absolute Gasteiger partial charge is 0.508 e. The van der Waals surface area contributed by atoms with Gasteiger partial charge in [0.05, 0.1) is 8.95 Å². The van der Waals surface area contributed by atoms with E-state index in [9.17, 15) is 15.3 Å². The fourth-order valence-corrected chi connectivity index (χ4v) is 5.17.